The molecule has 0 saturated carbocycles. The van der Waals surface area contributed by atoms with Gasteiger partial charge in [-0.15, -0.1) is 0 Å². The third-order valence-corrected chi connectivity index (χ3v) is 4.21. The summed E-state index contributed by atoms with van der Waals surface area (Å²) in [6.45, 7) is 0.774. The van der Waals surface area contributed by atoms with Crippen molar-refractivity contribution in [2.75, 3.05) is 18.1 Å². The Labute approximate surface area is 97.6 Å². The van der Waals surface area contributed by atoms with Crippen LogP contribution in [0, 0.1) is 0 Å². The van der Waals surface area contributed by atoms with Crippen molar-refractivity contribution in [3.63, 3.8) is 0 Å². The standard InChI is InChI=1S/C10H14N2O3S/c13-7-5-16-4-6(7)10-11-9(12-15-10)8-2-1-3-14-8/h6-8,13H,1-5H2. The smallest absolute Gasteiger partial charge is 0.233 e. The molecule has 0 amide bonds. The van der Waals surface area contributed by atoms with E-state index in [1.54, 1.807) is 11.8 Å². The molecule has 88 valence electrons. The fraction of sp³-hybridized carbons (Fsp3) is 0.800. The molecule has 16 heavy (non-hydrogen) atoms. The molecule has 3 heterocycles. The summed E-state index contributed by atoms with van der Waals surface area (Å²) in [6, 6.07) is 0. The molecule has 0 aliphatic carbocycles. The molecule has 1 aromatic heterocycles. The van der Waals surface area contributed by atoms with E-state index in [2.05, 4.69) is 10.1 Å². The second-order valence-corrected chi connectivity index (χ2v) is 5.28. The minimum absolute atomic E-state index is 0.00680. The Morgan fingerprint density at radius 1 is 1.38 bits per heavy atom. The maximum Gasteiger partial charge on any atom is 0.233 e. The summed E-state index contributed by atoms with van der Waals surface area (Å²) in [5.41, 5.74) is 0. The number of aliphatic hydroxyl groups excluding tert-OH is 1. The second-order valence-electron chi connectivity index (χ2n) is 4.20. The van der Waals surface area contributed by atoms with E-state index in [9.17, 15) is 5.11 Å². The van der Waals surface area contributed by atoms with E-state index in [1.165, 1.54) is 0 Å². The highest BCUT2D eigenvalue weighted by molar-refractivity contribution is 7.99. The van der Waals surface area contributed by atoms with Crippen molar-refractivity contribution in [2.45, 2.75) is 31.0 Å². The van der Waals surface area contributed by atoms with Gasteiger partial charge < -0.3 is 14.4 Å². The van der Waals surface area contributed by atoms with Gasteiger partial charge in [0.05, 0.1) is 12.0 Å². The molecule has 3 atom stereocenters. The van der Waals surface area contributed by atoms with Crippen molar-refractivity contribution in [3.05, 3.63) is 11.7 Å². The molecule has 2 saturated heterocycles. The Bertz CT molecular complexity index is 365. The number of hydrogen-bond acceptors (Lipinski definition) is 6. The SMILES string of the molecule is OC1CSCC1c1nc(C2CCCO2)no1. The van der Waals surface area contributed by atoms with E-state index < -0.39 is 0 Å². The topological polar surface area (TPSA) is 68.4 Å². The summed E-state index contributed by atoms with van der Waals surface area (Å²) in [5.74, 6) is 2.80. The molecule has 3 rings (SSSR count). The third-order valence-electron chi connectivity index (χ3n) is 3.04. The number of rotatable bonds is 2. The summed E-state index contributed by atoms with van der Waals surface area (Å²) >= 11 is 1.72. The van der Waals surface area contributed by atoms with Crippen molar-refractivity contribution in [2.24, 2.45) is 0 Å². The Morgan fingerprint density at radius 2 is 2.31 bits per heavy atom. The molecular formula is C10H14N2O3S. The van der Waals surface area contributed by atoms with Gasteiger partial charge in [0.1, 0.15) is 6.10 Å². The van der Waals surface area contributed by atoms with E-state index >= 15 is 0 Å². The lowest BCUT2D eigenvalue weighted by molar-refractivity contribution is 0.103. The van der Waals surface area contributed by atoms with Gasteiger partial charge in [-0.2, -0.15) is 16.7 Å². The minimum atomic E-state index is -0.359. The molecule has 0 spiro atoms. The first-order valence-corrected chi connectivity index (χ1v) is 6.71. The van der Waals surface area contributed by atoms with E-state index in [1.807, 2.05) is 0 Å². The normalized spacial score (nSPS) is 34.7. The van der Waals surface area contributed by atoms with Crippen molar-refractivity contribution in [3.8, 4) is 0 Å². The summed E-state index contributed by atoms with van der Waals surface area (Å²) in [7, 11) is 0. The van der Waals surface area contributed by atoms with Crippen LogP contribution in [0.2, 0.25) is 0 Å². The molecule has 0 bridgehead atoms. The van der Waals surface area contributed by atoms with Gasteiger partial charge in [-0.25, -0.2) is 0 Å². The quantitative estimate of drug-likeness (QED) is 0.838. The summed E-state index contributed by atoms with van der Waals surface area (Å²) in [5, 5.41) is 13.7. The van der Waals surface area contributed by atoms with Gasteiger partial charge in [0.15, 0.2) is 0 Å². The number of aromatic nitrogens is 2. The average Bonchev–Trinajstić information content (AvgIpc) is 2.96. The molecule has 1 aromatic rings. The second kappa shape index (κ2) is 4.35. The zero-order valence-corrected chi connectivity index (χ0v) is 9.65. The van der Waals surface area contributed by atoms with Crippen molar-refractivity contribution in [1.29, 1.82) is 0 Å². The molecule has 0 radical (unpaired) electrons. The number of hydrogen-bond donors (Lipinski definition) is 1. The zero-order chi connectivity index (χ0) is 11.0. The number of nitrogens with zero attached hydrogens (tertiary/aromatic N) is 2. The van der Waals surface area contributed by atoms with Gasteiger partial charge in [-0.1, -0.05) is 5.16 Å². The lowest BCUT2D eigenvalue weighted by Gasteiger charge is -2.07. The van der Waals surface area contributed by atoms with Crippen LogP contribution in [0.1, 0.15) is 36.6 Å². The van der Waals surface area contributed by atoms with Crippen LogP contribution in [0.3, 0.4) is 0 Å². The lowest BCUT2D eigenvalue weighted by Crippen LogP contribution is -2.16. The van der Waals surface area contributed by atoms with Crippen LogP contribution in [0.15, 0.2) is 4.52 Å². The van der Waals surface area contributed by atoms with Crippen LogP contribution in [0.4, 0.5) is 0 Å². The van der Waals surface area contributed by atoms with Crippen molar-refractivity contribution < 1.29 is 14.4 Å². The highest BCUT2D eigenvalue weighted by atomic mass is 32.2. The maximum atomic E-state index is 9.74. The molecule has 2 aliphatic rings. The first-order chi connectivity index (χ1) is 7.84. The van der Waals surface area contributed by atoms with Crippen LogP contribution in [-0.4, -0.2) is 39.5 Å². The van der Waals surface area contributed by atoms with E-state index in [0.29, 0.717) is 11.7 Å². The Hall–Kier alpha value is -0.590. The first-order valence-electron chi connectivity index (χ1n) is 5.55. The van der Waals surface area contributed by atoms with Crippen molar-refractivity contribution >= 4 is 11.8 Å². The van der Waals surface area contributed by atoms with Crippen LogP contribution in [-0.2, 0) is 4.74 Å². The number of ether oxygens (including phenoxy) is 1. The van der Waals surface area contributed by atoms with Gasteiger partial charge in [0.2, 0.25) is 11.7 Å². The Balaban J connectivity index is 1.76. The van der Waals surface area contributed by atoms with Crippen LogP contribution in [0.25, 0.3) is 0 Å². The lowest BCUT2D eigenvalue weighted by atomic mass is 10.1. The predicted molar refractivity (Wildman–Crippen MR) is 58.3 cm³/mol. The summed E-state index contributed by atoms with van der Waals surface area (Å²) in [6.07, 6.45) is 1.64. The van der Waals surface area contributed by atoms with Crippen LogP contribution >= 0.6 is 11.8 Å². The Kier molecular flexibility index (Phi) is 2.87. The molecule has 2 aliphatic heterocycles. The van der Waals surface area contributed by atoms with Gasteiger partial charge in [-0.3, -0.25) is 0 Å². The Morgan fingerprint density at radius 3 is 3.00 bits per heavy atom. The monoisotopic (exact) mass is 242 g/mol. The van der Waals surface area contributed by atoms with Crippen molar-refractivity contribution in [1.82, 2.24) is 10.1 Å². The van der Waals surface area contributed by atoms with E-state index in [0.717, 1.165) is 31.0 Å². The minimum Gasteiger partial charge on any atom is -0.391 e. The largest absolute Gasteiger partial charge is 0.391 e. The first kappa shape index (κ1) is 10.6. The maximum absolute atomic E-state index is 9.74. The molecule has 3 unspecified atom stereocenters. The molecule has 2 fully saturated rings. The summed E-state index contributed by atoms with van der Waals surface area (Å²) in [4.78, 5) is 4.35. The number of thioether (sulfide) groups is 1. The van der Waals surface area contributed by atoms with Gasteiger partial charge >= 0.3 is 0 Å². The van der Waals surface area contributed by atoms with Crippen LogP contribution < -0.4 is 0 Å². The molecular weight excluding hydrogens is 228 g/mol. The molecule has 6 heteroatoms. The molecule has 1 N–H and O–H groups in total. The summed E-state index contributed by atoms with van der Waals surface area (Å²) < 4.78 is 10.7. The van der Waals surface area contributed by atoms with Gasteiger partial charge in [0.25, 0.3) is 0 Å². The predicted octanol–water partition coefficient (Wildman–Crippen LogP) is 1.11. The van der Waals surface area contributed by atoms with Gasteiger partial charge in [0, 0.05) is 18.1 Å². The zero-order valence-electron chi connectivity index (χ0n) is 8.83. The molecule has 5 nitrogen and oxygen atoms in total. The van der Waals surface area contributed by atoms with Gasteiger partial charge in [-0.05, 0) is 12.8 Å². The fourth-order valence-electron chi connectivity index (χ4n) is 2.09. The third kappa shape index (κ3) is 1.85. The fourth-order valence-corrected chi connectivity index (χ4v) is 3.32. The van der Waals surface area contributed by atoms with E-state index in [-0.39, 0.29) is 18.1 Å². The average molecular weight is 242 g/mol. The highest BCUT2D eigenvalue weighted by Gasteiger charge is 2.33. The molecule has 0 aromatic carbocycles. The highest BCUT2D eigenvalue weighted by Crippen LogP contribution is 2.33. The van der Waals surface area contributed by atoms with Crippen LogP contribution in [0.5, 0.6) is 0 Å². The number of aliphatic hydroxyl groups is 1. The van der Waals surface area contributed by atoms with E-state index in [4.69, 9.17) is 9.26 Å².